The Hall–Kier alpha value is -1.87. The fourth-order valence-electron chi connectivity index (χ4n) is 2.24. The molecule has 2 aromatic carbocycles. The van der Waals surface area contributed by atoms with Crippen molar-refractivity contribution in [1.29, 1.82) is 0 Å². The van der Waals surface area contributed by atoms with E-state index in [9.17, 15) is 9.50 Å². The Labute approximate surface area is 125 Å². The molecule has 0 saturated heterocycles. The van der Waals surface area contributed by atoms with Gasteiger partial charge in [-0.25, -0.2) is 4.39 Å². The monoisotopic (exact) mass is 288 g/mol. The Morgan fingerprint density at radius 1 is 1.10 bits per heavy atom. The van der Waals surface area contributed by atoms with Crippen LogP contribution < -0.4 is 4.74 Å². The van der Waals surface area contributed by atoms with E-state index in [0.717, 1.165) is 17.7 Å². The van der Waals surface area contributed by atoms with E-state index < -0.39 is 5.60 Å². The fraction of sp³-hybridized carbons (Fsp3) is 0.333. The maximum absolute atomic E-state index is 13.7. The largest absolute Gasteiger partial charge is 0.494 e. The number of rotatable bonds is 6. The third kappa shape index (κ3) is 4.05. The molecule has 0 aliphatic carbocycles. The normalized spacial score (nSPS) is 13.7. The molecule has 2 aromatic rings. The fourth-order valence-corrected chi connectivity index (χ4v) is 2.24. The van der Waals surface area contributed by atoms with Crippen LogP contribution in [0.25, 0.3) is 0 Å². The number of ether oxygens (including phenoxy) is 1. The molecule has 0 amide bonds. The molecule has 0 heterocycles. The predicted molar refractivity (Wildman–Crippen MR) is 81.9 cm³/mol. The minimum Gasteiger partial charge on any atom is -0.494 e. The molecule has 0 radical (unpaired) electrons. The van der Waals surface area contributed by atoms with Crippen molar-refractivity contribution in [3.05, 3.63) is 65.5 Å². The molecule has 0 aromatic heterocycles. The number of hydrogen-bond donors (Lipinski definition) is 1. The summed E-state index contributed by atoms with van der Waals surface area (Å²) in [4.78, 5) is 0. The maximum Gasteiger partial charge on any atom is 0.126 e. The van der Waals surface area contributed by atoms with Gasteiger partial charge in [-0.1, -0.05) is 37.3 Å². The molecule has 2 nitrogen and oxygen atoms in total. The van der Waals surface area contributed by atoms with Crippen molar-refractivity contribution in [2.45, 2.75) is 32.3 Å². The zero-order chi connectivity index (χ0) is 15.3. The van der Waals surface area contributed by atoms with E-state index >= 15 is 0 Å². The van der Waals surface area contributed by atoms with Crippen LogP contribution in [0, 0.1) is 5.82 Å². The van der Waals surface area contributed by atoms with Crippen LogP contribution >= 0.6 is 0 Å². The number of aliphatic hydroxyl groups is 1. The van der Waals surface area contributed by atoms with E-state index in [1.165, 1.54) is 6.07 Å². The molecule has 0 aliphatic rings. The van der Waals surface area contributed by atoms with Crippen molar-refractivity contribution < 1.29 is 14.2 Å². The maximum atomic E-state index is 13.7. The summed E-state index contributed by atoms with van der Waals surface area (Å²) in [7, 11) is 0. The van der Waals surface area contributed by atoms with E-state index in [2.05, 4.69) is 0 Å². The summed E-state index contributed by atoms with van der Waals surface area (Å²) in [5, 5.41) is 10.6. The van der Waals surface area contributed by atoms with Gasteiger partial charge in [-0.15, -0.1) is 0 Å². The topological polar surface area (TPSA) is 29.5 Å². The molecule has 3 heteroatoms. The standard InChI is InChI=1S/C18H21FO2/c1-3-12-21-16-10-8-15(9-11-16)18(2,20)13-14-6-4-5-7-17(14)19/h4-11,20H,3,12-13H2,1-2H3. The van der Waals surface area contributed by atoms with Crippen molar-refractivity contribution in [2.75, 3.05) is 6.61 Å². The van der Waals surface area contributed by atoms with Gasteiger partial charge < -0.3 is 9.84 Å². The molecule has 1 unspecified atom stereocenters. The Morgan fingerprint density at radius 3 is 2.38 bits per heavy atom. The van der Waals surface area contributed by atoms with Crippen LogP contribution in [0.5, 0.6) is 5.75 Å². The smallest absolute Gasteiger partial charge is 0.126 e. The van der Waals surface area contributed by atoms with Crippen molar-refractivity contribution in [2.24, 2.45) is 0 Å². The lowest BCUT2D eigenvalue weighted by Crippen LogP contribution is -2.24. The Kier molecular flexibility index (Phi) is 4.97. The second-order valence-corrected chi connectivity index (χ2v) is 5.41. The molecule has 0 fully saturated rings. The third-order valence-corrected chi connectivity index (χ3v) is 3.44. The zero-order valence-electron chi connectivity index (χ0n) is 12.5. The van der Waals surface area contributed by atoms with Crippen LogP contribution in [-0.2, 0) is 12.0 Å². The minimum atomic E-state index is -1.12. The highest BCUT2D eigenvalue weighted by Gasteiger charge is 2.24. The number of hydrogen-bond acceptors (Lipinski definition) is 2. The van der Waals surface area contributed by atoms with Crippen LogP contribution in [0.3, 0.4) is 0 Å². The lowest BCUT2D eigenvalue weighted by atomic mass is 9.89. The van der Waals surface area contributed by atoms with Crippen LogP contribution in [0.1, 0.15) is 31.4 Å². The lowest BCUT2D eigenvalue weighted by Gasteiger charge is -2.24. The summed E-state index contributed by atoms with van der Waals surface area (Å²) in [6.07, 6.45) is 1.18. The molecule has 0 saturated carbocycles. The van der Waals surface area contributed by atoms with Crippen molar-refractivity contribution in [3.63, 3.8) is 0 Å². The Bertz CT molecular complexity index is 576. The van der Waals surface area contributed by atoms with E-state index in [-0.39, 0.29) is 12.2 Å². The highest BCUT2D eigenvalue weighted by molar-refractivity contribution is 5.32. The van der Waals surface area contributed by atoms with E-state index in [1.54, 1.807) is 25.1 Å². The SMILES string of the molecule is CCCOc1ccc(C(C)(O)Cc2ccccc2F)cc1. The molecular formula is C18H21FO2. The van der Waals surface area contributed by atoms with Crippen molar-refractivity contribution in [3.8, 4) is 5.75 Å². The van der Waals surface area contributed by atoms with Gasteiger partial charge in [0.2, 0.25) is 0 Å². The lowest BCUT2D eigenvalue weighted by molar-refractivity contribution is 0.0566. The van der Waals surface area contributed by atoms with Gasteiger partial charge >= 0.3 is 0 Å². The van der Waals surface area contributed by atoms with Gasteiger partial charge in [0.25, 0.3) is 0 Å². The highest BCUT2D eigenvalue weighted by atomic mass is 19.1. The quantitative estimate of drug-likeness (QED) is 0.868. The first-order valence-electron chi connectivity index (χ1n) is 7.22. The Morgan fingerprint density at radius 2 is 1.76 bits per heavy atom. The molecule has 0 spiro atoms. The number of halogens is 1. The van der Waals surface area contributed by atoms with Gasteiger partial charge in [-0.05, 0) is 42.7 Å². The average Bonchev–Trinajstić information content (AvgIpc) is 2.48. The van der Waals surface area contributed by atoms with Gasteiger partial charge in [0.1, 0.15) is 11.6 Å². The molecule has 2 rings (SSSR count). The molecule has 0 bridgehead atoms. The zero-order valence-corrected chi connectivity index (χ0v) is 12.5. The van der Waals surface area contributed by atoms with Gasteiger partial charge in [-0.3, -0.25) is 0 Å². The molecule has 1 N–H and O–H groups in total. The van der Waals surface area contributed by atoms with Gasteiger partial charge in [-0.2, -0.15) is 0 Å². The van der Waals surface area contributed by atoms with Crippen LogP contribution in [-0.4, -0.2) is 11.7 Å². The van der Waals surface area contributed by atoms with Crippen LogP contribution in [0.15, 0.2) is 48.5 Å². The summed E-state index contributed by atoms with van der Waals surface area (Å²) >= 11 is 0. The highest BCUT2D eigenvalue weighted by Crippen LogP contribution is 2.27. The first-order valence-corrected chi connectivity index (χ1v) is 7.22. The molecule has 0 aliphatic heterocycles. The van der Waals surface area contributed by atoms with Crippen LogP contribution in [0.2, 0.25) is 0 Å². The second-order valence-electron chi connectivity index (χ2n) is 5.41. The second kappa shape index (κ2) is 6.72. The van der Waals surface area contributed by atoms with Crippen LogP contribution in [0.4, 0.5) is 4.39 Å². The first-order chi connectivity index (χ1) is 10.0. The van der Waals surface area contributed by atoms with Crippen molar-refractivity contribution >= 4 is 0 Å². The van der Waals surface area contributed by atoms with Crippen molar-refractivity contribution in [1.82, 2.24) is 0 Å². The summed E-state index contributed by atoms with van der Waals surface area (Å²) in [6.45, 7) is 4.42. The van der Waals surface area contributed by atoms with E-state index in [4.69, 9.17) is 4.74 Å². The third-order valence-electron chi connectivity index (χ3n) is 3.44. The number of benzene rings is 2. The summed E-state index contributed by atoms with van der Waals surface area (Å²) in [6, 6.07) is 13.8. The van der Waals surface area contributed by atoms with Gasteiger partial charge in [0, 0.05) is 6.42 Å². The predicted octanol–water partition coefficient (Wildman–Crippen LogP) is 4.06. The summed E-state index contributed by atoms with van der Waals surface area (Å²) < 4.78 is 19.2. The van der Waals surface area contributed by atoms with E-state index in [0.29, 0.717) is 12.2 Å². The molecule has 21 heavy (non-hydrogen) atoms. The summed E-state index contributed by atoms with van der Waals surface area (Å²) in [5.74, 6) is 0.489. The Balaban J connectivity index is 2.13. The van der Waals surface area contributed by atoms with Gasteiger partial charge in [0.15, 0.2) is 0 Å². The summed E-state index contributed by atoms with van der Waals surface area (Å²) in [5.41, 5.74) is 0.134. The van der Waals surface area contributed by atoms with E-state index in [1.807, 2.05) is 31.2 Å². The minimum absolute atomic E-state index is 0.231. The molecule has 1 atom stereocenters. The average molecular weight is 288 g/mol. The van der Waals surface area contributed by atoms with Gasteiger partial charge in [0.05, 0.1) is 12.2 Å². The molecule has 112 valence electrons. The first kappa shape index (κ1) is 15.5. The molecular weight excluding hydrogens is 267 g/mol.